The SMILES string of the molecule is COc1ccc(N2C(=S)NC(c3ccccn3)C2c2cccn2-c2ccc(C)cn2)cc1. The van der Waals surface area contributed by atoms with Crippen molar-refractivity contribution in [2.24, 2.45) is 0 Å². The van der Waals surface area contributed by atoms with Gasteiger partial charge >= 0.3 is 0 Å². The first-order chi connectivity index (χ1) is 15.7. The largest absolute Gasteiger partial charge is 0.497 e. The molecule has 3 aromatic heterocycles. The van der Waals surface area contributed by atoms with Crippen LogP contribution >= 0.6 is 12.2 Å². The number of nitrogens with one attached hydrogen (secondary N) is 1. The summed E-state index contributed by atoms with van der Waals surface area (Å²) in [7, 11) is 1.67. The third-order valence-electron chi connectivity index (χ3n) is 5.67. The smallest absolute Gasteiger partial charge is 0.174 e. The van der Waals surface area contributed by atoms with Crippen molar-refractivity contribution in [3.63, 3.8) is 0 Å². The quantitative estimate of drug-likeness (QED) is 0.451. The highest BCUT2D eigenvalue weighted by Crippen LogP contribution is 2.42. The molecule has 1 aliphatic heterocycles. The standard InChI is InChI=1S/C25H23N5OS/c1-17-8-13-22(27-16-17)29-15-5-7-21(29)24-23(20-6-3-4-14-26-20)28-25(32)30(24)18-9-11-19(31-2)12-10-18/h3-16,23-24H,1-2H3,(H,28,32). The molecule has 0 radical (unpaired) electrons. The molecule has 4 aromatic rings. The predicted octanol–water partition coefficient (Wildman–Crippen LogP) is 4.76. The lowest BCUT2D eigenvalue weighted by molar-refractivity contribution is 0.415. The maximum absolute atomic E-state index is 5.82. The summed E-state index contributed by atoms with van der Waals surface area (Å²) in [6.45, 7) is 2.04. The first-order valence-corrected chi connectivity index (χ1v) is 10.8. The van der Waals surface area contributed by atoms with Crippen molar-refractivity contribution in [3.05, 3.63) is 102 Å². The topological polar surface area (TPSA) is 55.2 Å². The van der Waals surface area contributed by atoms with E-state index in [1.54, 1.807) is 7.11 Å². The predicted molar refractivity (Wildman–Crippen MR) is 129 cm³/mol. The van der Waals surface area contributed by atoms with Gasteiger partial charge in [-0.25, -0.2) is 4.98 Å². The van der Waals surface area contributed by atoms with E-state index < -0.39 is 0 Å². The van der Waals surface area contributed by atoms with E-state index in [1.165, 1.54) is 0 Å². The van der Waals surface area contributed by atoms with E-state index in [2.05, 4.69) is 36.9 Å². The summed E-state index contributed by atoms with van der Waals surface area (Å²) in [5.74, 6) is 1.67. The zero-order valence-corrected chi connectivity index (χ0v) is 18.7. The fourth-order valence-corrected chi connectivity index (χ4v) is 4.47. The van der Waals surface area contributed by atoms with Crippen molar-refractivity contribution in [3.8, 4) is 11.6 Å². The zero-order chi connectivity index (χ0) is 22.1. The highest BCUT2D eigenvalue weighted by Gasteiger charge is 2.42. The number of aromatic nitrogens is 3. The molecule has 1 saturated heterocycles. The van der Waals surface area contributed by atoms with Gasteiger partial charge in [-0.1, -0.05) is 12.1 Å². The number of rotatable bonds is 5. The Balaban J connectivity index is 1.64. The molecule has 1 aromatic carbocycles. The second-order valence-corrected chi connectivity index (χ2v) is 8.08. The van der Waals surface area contributed by atoms with Crippen molar-refractivity contribution in [2.75, 3.05) is 12.0 Å². The van der Waals surface area contributed by atoms with Crippen LogP contribution in [0.2, 0.25) is 0 Å². The van der Waals surface area contributed by atoms with Crippen LogP contribution in [0.15, 0.2) is 85.3 Å². The van der Waals surface area contributed by atoms with Crippen molar-refractivity contribution in [2.45, 2.75) is 19.0 Å². The van der Waals surface area contributed by atoms with Gasteiger partial charge in [-0.05, 0) is 79.3 Å². The van der Waals surface area contributed by atoms with Gasteiger partial charge in [0.1, 0.15) is 17.6 Å². The number of nitrogens with zero attached hydrogens (tertiary/aromatic N) is 4. The van der Waals surface area contributed by atoms with E-state index in [4.69, 9.17) is 17.0 Å². The number of methoxy groups -OCH3 is 1. The van der Waals surface area contributed by atoms with Crippen molar-refractivity contribution in [1.82, 2.24) is 19.9 Å². The summed E-state index contributed by atoms with van der Waals surface area (Å²) in [5.41, 5.74) is 4.11. The number of aryl methyl sites for hydroxylation is 1. The fourth-order valence-electron chi connectivity index (χ4n) is 4.12. The van der Waals surface area contributed by atoms with Crippen LogP contribution in [0.1, 0.15) is 29.0 Å². The minimum Gasteiger partial charge on any atom is -0.497 e. The van der Waals surface area contributed by atoms with Gasteiger partial charge in [-0.2, -0.15) is 0 Å². The molecule has 2 unspecified atom stereocenters. The third-order valence-corrected chi connectivity index (χ3v) is 5.99. The van der Waals surface area contributed by atoms with Crippen molar-refractivity contribution >= 4 is 23.0 Å². The molecule has 32 heavy (non-hydrogen) atoms. The summed E-state index contributed by atoms with van der Waals surface area (Å²) in [6.07, 6.45) is 5.73. The van der Waals surface area contributed by atoms with E-state index in [-0.39, 0.29) is 12.1 Å². The van der Waals surface area contributed by atoms with Crippen LogP contribution in [-0.2, 0) is 0 Å². The Morgan fingerprint density at radius 2 is 1.81 bits per heavy atom. The van der Waals surface area contributed by atoms with Gasteiger partial charge in [-0.3, -0.25) is 4.98 Å². The lowest BCUT2D eigenvalue weighted by Crippen LogP contribution is -2.30. The average Bonchev–Trinajstić information content (AvgIpc) is 3.44. The number of ether oxygens (including phenoxy) is 1. The van der Waals surface area contributed by atoms with E-state index >= 15 is 0 Å². The van der Waals surface area contributed by atoms with Crippen LogP contribution in [0.25, 0.3) is 5.82 Å². The molecule has 2 atom stereocenters. The van der Waals surface area contributed by atoms with Gasteiger partial charge in [0.2, 0.25) is 0 Å². The first kappa shape index (κ1) is 20.2. The van der Waals surface area contributed by atoms with Crippen LogP contribution in [-0.4, -0.2) is 26.8 Å². The van der Waals surface area contributed by atoms with E-state index in [9.17, 15) is 0 Å². The molecular weight excluding hydrogens is 418 g/mol. The number of benzene rings is 1. The Hall–Kier alpha value is -3.71. The van der Waals surface area contributed by atoms with Gasteiger partial charge < -0.3 is 19.5 Å². The minimum absolute atomic E-state index is 0.120. The van der Waals surface area contributed by atoms with Gasteiger partial charge in [0, 0.05) is 30.0 Å². The van der Waals surface area contributed by atoms with Crippen molar-refractivity contribution in [1.29, 1.82) is 0 Å². The maximum atomic E-state index is 5.82. The Bertz CT molecular complexity index is 1220. The molecule has 0 amide bonds. The van der Waals surface area contributed by atoms with Crippen LogP contribution in [0.3, 0.4) is 0 Å². The normalized spacial score (nSPS) is 17.9. The Kier molecular flexibility index (Phi) is 5.33. The first-order valence-electron chi connectivity index (χ1n) is 10.4. The summed E-state index contributed by atoms with van der Waals surface area (Å²) in [4.78, 5) is 11.4. The van der Waals surface area contributed by atoms with Crippen molar-refractivity contribution < 1.29 is 4.74 Å². The number of anilines is 1. The lowest BCUT2D eigenvalue weighted by Gasteiger charge is -2.29. The molecule has 1 fully saturated rings. The summed E-state index contributed by atoms with van der Waals surface area (Å²) >= 11 is 5.82. The molecule has 0 bridgehead atoms. The molecule has 5 rings (SSSR count). The average molecular weight is 442 g/mol. The molecule has 1 aliphatic rings. The molecular formula is C25H23N5OS. The number of hydrogen-bond donors (Lipinski definition) is 1. The Labute approximate surface area is 192 Å². The highest BCUT2D eigenvalue weighted by atomic mass is 32.1. The Morgan fingerprint density at radius 1 is 0.969 bits per heavy atom. The molecule has 0 spiro atoms. The summed E-state index contributed by atoms with van der Waals surface area (Å²) in [6, 6.07) is 21.9. The summed E-state index contributed by atoms with van der Waals surface area (Å²) < 4.78 is 7.46. The maximum Gasteiger partial charge on any atom is 0.174 e. The molecule has 0 saturated carbocycles. The van der Waals surface area contributed by atoms with E-state index in [0.717, 1.165) is 34.2 Å². The zero-order valence-electron chi connectivity index (χ0n) is 17.8. The molecule has 6 nitrogen and oxygen atoms in total. The molecule has 1 N–H and O–H groups in total. The number of pyridine rings is 2. The molecule has 0 aliphatic carbocycles. The van der Waals surface area contributed by atoms with E-state index in [1.807, 2.05) is 80.1 Å². The Morgan fingerprint density at radius 3 is 2.50 bits per heavy atom. The molecule has 160 valence electrons. The lowest BCUT2D eigenvalue weighted by atomic mass is 10.0. The molecule has 4 heterocycles. The number of thiocarbonyl (C=S) groups is 1. The van der Waals surface area contributed by atoms with E-state index in [0.29, 0.717) is 5.11 Å². The van der Waals surface area contributed by atoms with Crippen LogP contribution in [0, 0.1) is 6.92 Å². The van der Waals surface area contributed by atoms with Gasteiger partial charge in [0.15, 0.2) is 5.11 Å². The van der Waals surface area contributed by atoms with Gasteiger partial charge in [-0.15, -0.1) is 0 Å². The monoisotopic (exact) mass is 441 g/mol. The third kappa shape index (κ3) is 3.61. The molecule has 7 heteroatoms. The highest BCUT2D eigenvalue weighted by molar-refractivity contribution is 7.80. The van der Waals surface area contributed by atoms with Gasteiger partial charge in [0.25, 0.3) is 0 Å². The summed E-state index contributed by atoms with van der Waals surface area (Å²) in [5, 5.41) is 4.16. The minimum atomic E-state index is -0.121. The fraction of sp³-hybridized carbons (Fsp3) is 0.160. The van der Waals surface area contributed by atoms with Crippen LogP contribution in [0.4, 0.5) is 5.69 Å². The van der Waals surface area contributed by atoms with Crippen LogP contribution in [0.5, 0.6) is 5.75 Å². The van der Waals surface area contributed by atoms with Crippen LogP contribution < -0.4 is 15.0 Å². The second-order valence-electron chi connectivity index (χ2n) is 7.69. The second kappa shape index (κ2) is 8.43. The number of hydrogen-bond acceptors (Lipinski definition) is 4. The van der Waals surface area contributed by atoms with Gasteiger partial charge in [0.05, 0.1) is 18.8 Å².